The third-order valence-corrected chi connectivity index (χ3v) is 5.75. The quantitative estimate of drug-likeness (QED) is 0.766. The second-order valence-electron chi connectivity index (χ2n) is 7.00. The van der Waals surface area contributed by atoms with Crippen molar-refractivity contribution in [1.29, 1.82) is 0 Å². The number of aryl methyl sites for hydroxylation is 1. The van der Waals surface area contributed by atoms with Crippen molar-refractivity contribution in [3.63, 3.8) is 0 Å². The average Bonchev–Trinajstić information content (AvgIpc) is 2.83. The van der Waals surface area contributed by atoms with Crippen LogP contribution in [0.2, 0.25) is 0 Å². The van der Waals surface area contributed by atoms with Crippen LogP contribution in [0.5, 0.6) is 0 Å². The van der Waals surface area contributed by atoms with Gasteiger partial charge in [-0.05, 0) is 49.1 Å². The van der Waals surface area contributed by atoms with Crippen LogP contribution < -0.4 is 0 Å². The Balaban J connectivity index is 2.17. The Morgan fingerprint density at radius 2 is 1.46 bits per heavy atom. The maximum atomic E-state index is 12.6. The van der Waals surface area contributed by atoms with Gasteiger partial charge in [0, 0.05) is 11.8 Å². The molecule has 5 heteroatoms. The molecule has 0 amide bonds. The van der Waals surface area contributed by atoms with Gasteiger partial charge in [0.25, 0.3) is 0 Å². The van der Waals surface area contributed by atoms with Gasteiger partial charge in [-0.25, -0.2) is 13.2 Å². The van der Waals surface area contributed by atoms with Gasteiger partial charge in [0.2, 0.25) is 0 Å². The molecule has 1 aliphatic rings. The number of benzene rings is 2. The summed E-state index contributed by atoms with van der Waals surface area (Å²) in [5, 5.41) is 0. The molecule has 4 nitrogen and oxygen atoms in total. The molecule has 3 rings (SSSR count). The molecule has 2 aromatic rings. The summed E-state index contributed by atoms with van der Waals surface area (Å²) in [4.78, 5) is 12.8. The van der Waals surface area contributed by atoms with E-state index in [0.717, 1.165) is 23.1 Å². The van der Waals surface area contributed by atoms with E-state index in [0.29, 0.717) is 5.57 Å². The van der Waals surface area contributed by atoms with E-state index >= 15 is 0 Å². The highest BCUT2D eigenvalue weighted by atomic mass is 32.2. The monoisotopic (exact) mass is 370 g/mol. The van der Waals surface area contributed by atoms with E-state index in [2.05, 4.69) is 6.92 Å². The minimum absolute atomic E-state index is 0.249. The van der Waals surface area contributed by atoms with Gasteiger partial charge >= 0.3 is 5.97 Å². The lowest BCUT2D eigenvalue weighted by Crippen LogP contribution is -2.22. The molecular formula is C21H22O4S. The normalized spacial score (nSPS) is 16.7. The molecule has 0 bridgehead atoms. The van der Waals surface area contributed by atoms with E-state index in [-0.39, 0.29) is 10.9 Å². The van der Waals surface area contributed by atoms with Gasteiger partial charge in [0.15, 0.2) is 9.84 Å². The van der Waals surface area contributed by atoms with Gasteiger partial charge in [0.1, 0.15) is 5.60 Å². The van der Waals surface area contributed by atoms with E-state index in [1.165, 1.54) is 11.8 Å². The lowest BCUT2D eigenvalue weighted by Gasteiger charge is -2.21. The van der Waals surface area contributed by atoms with Crippen molar-refractivity contribution in [3.05, 3.63) is 65.2 Å². The molecular weight excluding hydrogens is 348 g/mol. The fourth-order valence-electron chi connectivity index (χ4n) is 3.27. The van der Waals surface area contributed by atoms with Gasteiger partial charge < -0.3 is 4.74 Å². The number of sulfone groups is 1. The summed E-state index contributed by atoms with van der Waals surface area (Å²) in [7, 11) is -3.27. The largest absolute Gasteiger partial charge is 0.451 e. The predicted molar refractivity (Wildman–Crippen MR) is 102 cm³/mol. The van der Waals surface area contributed by atoms with Gasteiger partial charge in [-0.1, -0.05) is 43.3 Å². The molecule has 0 spiro atoms. The molecule has 2 aromatic carbocycles. The summed E-state index contributed by atoms with van der Waals surface area (Å²) in [5.74, 6) is -0.360. The minimum atomic E-state index is -3.27. The lowest BCUT2D eigenvalue weighted by molar-refractivity contribution is -0.141. The fourth-order valence-corrected chi connectivity index (χ4v) is 3.90. The van der Waals surface area contributed by atoms with E-state index in [1.807, 2.05) is 38.1 Å². The zero-order valence-corrected chi connectivity index (χ0v) is 16.2. The highest BCUT2D eigenvalue weighted by Gasteiger charge is 2.41. The first-order valence-electron chi connectivity index (χ1n) is 8.51. The molecule has 0 fully saturated rings. The zero-order chi connectivity index (χ0) is 19.1. The van der Waals surface area contributed by atoms with Crippen molar-refractivity contribution < 1.29 is 17.9 Å². The second-order valence-corrected chi connectivity index (χ2v) is 9.01. The number of hydrogen-bond acceptors (Lipinski definition) is 4. The summed E-state index contributed by atoms with van der Waals surface area (Å²) in [6.45, 7) is 5.77. The van der Waals surface area contributed by atoms with Crippen LogP contribution >= 0.6 is 0 Å². The van der Waals surface area contributed by atoms with Crippen molar-refractivity contribution in [2.24, 2.45) is 0 Å². The maximum absolute atomic E-state index is 12.6. The molecule has 0 atom stereocenters. The summed E-state index contributed by atoms with van der Waals surface area (Å²) >= 11 is 0. The lowest BCUT2D eigenvalue weighted by atomic mass is 9.87. The Labute approximate surface area is 154 Å². The van der Waals surface area contributed by atoms with Gasteiger partial charge in [0.05, 0.1) is 10.5 Å². The standard InChI is InChI=1S/C21H22O4S/c1-5-14-6-8-15(9-7-14)18-19(21(2,3)25-20(18)22)16-10-12-17(13-11-16)26(4,23)24/h6-13H,5H2,1-4H3. The van der Waals surface area contributed by atoms with E-state index in [1.54, 1.807) is 24.3 Å². The SMILES string of the molecule is CCc1ccc(C2=C(c3ccc(S(C)(=O)=O)cc3)C(C)(C)OC2=O)cc1. The summed E-state index contributed by atoms with van der Waals surface area (Å²) in [6.07, 6.45) is 2.10. The number of carbonyl (C=O) groups excluding carboxylic acids is 1. The Kier molecular flexibility index (Phi) is 4.53. The molecule has 1 heterocycles. The summed E-state index contributed by atoms with van der Waals surface area (Å²) in [5.41, 5.74) is 3.29. The van der Waals surface area contributed by atoms with Crippen molar-refractivity contribution >= 4 is 27.0 Å². The Morgan fingerprint density at radius 3 is 1.96 bits per heavy atom. The Bertz CT molecular complexity index is 979. The Hall–Kier alpha value is -2.40. The van der Waals surface area contributed by atoms with Crippen molar-refractivity contribution in [3.8, 4) is 0 Å². The summed E-state index contributed by atoms with van der Waals surface area (Å²) < 4.78 is 29.0. The number of hydrogen-bond donors (Lipinski definition) is 0. The highest BCUT2D eigenvalue weighted by Crippen LogP contribution is 2.43. The van der Waals surface area contributed by atoms with Crippen LogP contribution in [0, 0.1) is 0 Å². The van der Waals surface area contributed by atoms with Crippen LogP contribution in [0.4, 0.5) is 0 Å². The van der Waals surface area contributed by atoms with Crippen LogP contribution in [-0.4, -0.2) is 26.2 Å². The molecule has 26 heavy (non-hydrogen) atoms. The third-order valence-electron chi connectivity index (χ3n) is 4.63. The first-order chi connectivity index (χ1) is 12.1. The number of rotatable bonds is 4. The molecule has 0 saturated carbocycles. The molecule has 0 aromatic heterocycles. The molecule has 136 valence electrons. The van der Waals surface area contributed by atoms with Crippen LogP contribution in [-0.2, 0) is 25.8 Å². The number of cyclic esters (lactones) is 1. The predicted octanol–water partition coefficient (Wildman–Crippen LogP) is 3.90. The van der Waals surface area contributed by atoms with Crippen molar-refractivity contribution in [1.82, 2.24) is 0 Å². The number of carbonyl (C=O) groups is 1. The van der Waals surface area contributed by atoms with Crippen LogP contribution in [0.15, 0.2) is 53.4 Å². The summed E-state index contributed by atoms with van der Waals surface area (Å²) in [6, 6.07) is 14.5. The zero-order valence-electron chi connectivity index (χ0n) is 15.4. The molecule has 0 radical (unpaired) electrons. The van der Waals surface area contributed by atoms with Crippen LogP contribution in [0.25, 0.3) is 11.1 Å². The first kappa shape index (κ1) is 18.4. The minimum Gasteiger partial charge on any atom is -0.451 e. The highest BCUT2D eigenvalue weighted by molar-refractivity contribution is 7.90. The van der Waals surface area contributed by atoms with Crippen molar-refractivity contribution in [2.75, 3.05) is 6.26 Å². The number of esters is 1. The fraction of sp³-hybridized carbons (Fsp3) is 0.286. The molecule has 0 unspecified atom stereocenters. The maximum Gasteiger partial charge on any atom is 0.340 e. The third kappa shape index (κ3) is 3.31. The van der Waals surface area contributed by atoms with Gasteiger partial charge in [-0.3, -0.25) is 0 Å². The van der Waals surface area contributed by atoms with E-state index < -0.39 is 15.4 Å². The van der Waals surface area contributed by atoms with E-state index in [9.17, 15) is 13.2 Å². The second kappa shape index (κ2) is 6.40. The molecule has 0 N–H and O–H groups in total. The molecule has 0 aliphatic carbocycles. The average molecular weight is 370 g/mol. The van der Waals surface area contributed by atoms with Crippen LogP contribution in [0.3, 0.4) is 0 Å². The van der Waals surface area contributed by atoms with Crippen molar-refractivity contribution in [2.45, 2.75) is 37.7 Å². The first-order valence-corrected chi connectivity index (χ1v) is 10.4. The van der Waals surface area contributed by atoms with Crippen LogP contribution in [0.1, 0.15) is 37.5 Å². The van der Waals surface area contributed by atoms with Gasteiger partial charge in [-0.2, -0.15) is 0 Å². The van der Waals surface area contributed by atoms with Gasteiger partial charge in [-0.15, -0.1) is 0 Å². The smallest absolute Gasteiger partial charge is 0.340 e. The Morgan fingerprint density at radius 1 is 0.923 bits per heavy atom. The topological polar surface area (TPSA) is 60.4 Å². The molecule has 0 saturated heterocycles. The van der Waals surface area contributed by atoms with E-state index in [4.69, 9.17) is 4.74 Å². The number of ether oxygens (including phenoxy) is 1. The molecule has 1 aliphatic heterocycles.